The minimum Gasteiger partial charge on any atom is -0.360 e. The first-order chi connectivity index (χ1) is 11.7. The van der Waals surface area contributed by atoms with E-state index in [2.05, 4.69) is 15.5 Å². The Hall–Kier alpha value is -2.54. The van der Waals surface area contributed by atoms with Gasteiger partial charge in [0.25, 0.3) is 0 Å². The van der Waals surface area contributed by atoms with Gasteiger partial charge in [-0.25, -0.2) is 4.98 Å². The number of aromatic nitrogens is 2. The van der Waals surface area contributed by atoms with Gasteiger partial charge in [0, 0.05) is 23.9 Å². The Labute approximate surface area is 145 Å². The normalized spacial score (nSPS) is 11.2. The van der Waals surface area contributed by atoms with Crippen LogP contribution < -0.4 is 5.32 Å². The van der Waals surface area contributed by atoms with Crippen LogP contribution in [0.3, 0.4) is 0 Å². The van der Waals surface area contributed by atoms with Crippen molar-refractivity contribution in [3.63, 3.8) is 0 Å². The number of aryl methyl sites for hydroxylation is 2. The van der Waals surface area contributed by atoms with Gasteiger partial charge in [-0.2, -0.15) is 18.4 Å². The summed E-state index contributed by atoms with van der Waals surface area (Å²) in [5, 5.41) is 15.1. The Balaban J connectivity index is 2.04. The van der Waals surface area contributed by atoms with Crippen molar-refractivity contribution < 1.29 is 22.5 Å². The first kappa shape index (κ1) is 18.8. The molecule has 25 heavy (non-hydrogen) atoms. The second-order valence-electron chi connectivity index (χ2n) is 5.07. The molecular formula is C15H13F3N4O2S. The Morgan fingerprint density at radius 1 is 1.40 bits per heavy atom. The molecule has 0 saturated carbocycles. The fraction of sp³-hybridized carbons (Fsp3) is 0.333. The molecule has 0 unspecified atom stereocenters. The van der Waals surface area contributed by atoms with Gasteiger partial charge in [0.1, 0.15) is 16.9 Å². The summed E-state index contributed by atoms with van der Waals surface area (Å²) < 4.78 is 43.9. The van der Waals surface area contributed by atoms with Gasteiger partial charge in [-0.3, -0.25) is 4.79 Å². The molecule has 0 bridgehead atoms. The van der Waals surface area contributed by atoms with Crippen molar-refractivity contribution >= 4 is 23.5 Å². The molecule has 0 aromatic carbocycles. The summed E-state index contributed by atoms with van der Waals surface area (Å²) in [5.74, 6) is 0.582. The molecule has 0 aliphatic rings. The number of hydrogen-bond donors (Lipinski definition) is 1. The number of anilines is 1. The standard InChI is InChI=1S/C15H13F3N4O2S/c1-8-5-11(15(16,17)18)10(7-19)14(20-8)25-4-3-13(23)21-12-6-9(2)24-22-12/h5-6H,3-4H2,1-2H3,(H,21,22,23). The van der Waals surface area contributed by atoms with Gasteiger partial charge < -0.3 is 9.84 Å². The van der Waals surface area contributed by atoms with Crippen LogP contribution in [0.2, 0.25) is 0 Å². The molecule has 132 valence electrons. The molecule has 0 spiro atoms. The SMILES string of the molecule is Cc1cc(C(F)(F)F)c(C#N)c(SCCC(=O)Nc2cc(C)on2)n1. The summed E-state index contributed by atoms with van der Waals surface area (Å²) in [5.41, 5.74) is -1.40. The summed E-state index contributed by atoms with van der Waals surface area (Å²) in [6.45, 7) is 3.09. The van der Waals surface area contributed by atoms with Gasteiger partial charge in [0.2, 0.25) is 5.91 Å². The zero-order valence-electron chi connectivity index (χ0n) is 13.3. The van der Waals surface area contributed by atoms with Crippen LogP contribution >= 0.6 is 11.8 Å². The summed E-state index contributed by atoms with van der Waals surface area (Å²) in [6, 6.07) is 3.93. The van der Waals surface area contributed by atoms with Crippen molar-refractivity contribution in [2.24, 2.45) is 0 Å². The van der Waals surface area contributed by atoms with E-state index in [4.69, 9.17) is 9.78 Å². The number of hydrogen-bond acceptors (Lipinski definition) is 6. The Morgan fingerprint density at radius 3 is 2.68 bits per heavy atom. The lowest BCUT2D eigenvalue weighted by Gasteiger charge is -2.12. The highest BCUT2D eigenvalue weighted by molar-refractivity contribution is 7.99. The second-order valence-corrected chi connectivity index (χ2v) is 6.15. The quantitative estimate of drug-likeness (QED) is 0.807. The molecule has 0 saturated heterocycles. The minimum atomic E-state index is -4.64. The number of rotatable bonds is 5. The average Bonchev–Trinajstić information content (AvgIpc) is 2.90. The third-order valence-electron chi connectivity index (χ3n) is 2.99. The molecule has 0 radical (unpaired) electrons. The molecule has 0 aliphatic carbocycles. The first-order valence-corrected chi connectivity index (χ1v) is 8.04. The average molecular weight is 370 g/mol. The second kappa shape index (κ2) is 7.57. The topological polar surface area (TPSA) is 91.8 Å². The molecular weight excluding hydrogens is 357 g/mol. The van der Waals surface area contributed by atoms with E-state index in [1.807, 2.05) is 0 Å². The van der Waals surface area contributed by atoms with Crippen LogP contribution in [0.4, 0.5) is 19.0 Å². The third kappa shape index (κ3) is 4.96. The highest BCUT2D eigenvalue weighted by Crippen LogP contribution is 2.35. The lowest BCUT2D eigenvalue weighted by Crippen LogP contribution is -2.13. The fourth-order valence-electron chi connectivity index (χ4n) is 1.95. The number of pyridine rings is 1. The molecule has 2 aromatic rings. The molecule has 0 atom stereocenters. The van der Waals surface area contributed by atoms with Crippen molar-refractivity contribution in [3.8, 4) is 6.07 Å². The number of nitriles is 1. The van der Waals surface area contributed by atoms with E-state index in [-0.39, 0.29) is 34.6 Å². The van der Waals surface area contributed by atoms with Crippen LogP contribution in [0.1, 0.15) is 29.0 Å². The van der Waals surface area contributed by atoms with Gasteiger partial charge in [0.15, 0.2) is 5.82 Å². The maximum absolute atomic E-state index is 13.0. The summed E-state index contributed by atoms with van der Waals surface area (Å²) in [7, 11) is 0. The number of nitrogens with one attached hydrogen (secondary N) is 1. The van der Waals surface area contributed by atoms with E-state index < -0.39 is 17.3 Å². The van der Waals surface area contributed by atoms with Crippen LogP contribution in [0.5, 0.6) is 0 Å². The van der Waals surface area contributed by atoms with E-state index in [0.29, 0.717) is 5.76 Å². The largest absolute Gasteiger partial charge is 0.417 e. The Bertz CT molecular complexity index is 827. The number of carbonyl (C=O) groups excluding carboxylic acids is 1. The highest BCUT2D eigenvalue weighted by Gasteiger charge is 2.35. The molecule has 6 nitrogen and oxygen atoms in total. The van der Waals surface area contributed by atoms with E-state index in [1.54, 1.807) is 13.0 Å². The third-order valence-corrected chi connectivity index (χ3v) is 3.97. The van der Waals surface area contributed by atoms with Crippen LogP contribution in [0, 0.1) is 25.2 Å². The smallest absolute Gasteiger partial charge is 0.360 e. The van der Waals surface area contributed by atoms with Crippen LogP contribution in [0.15, 0.2) is 21.7 Å². The predicted octanol–water partition coefficient (Wildman–Crippen LogP) is 3.70. The van der Waals surface area contributed by atoms with Crippen molar-refractivity contribution in [2.45, 2.75) is 31.5 Å². The lowest BCUT2D eigenvalue weighted by molar-refractivity contribution is -0.138. The highest BCUT2D eigenvalue weighted by atomic mass is 32.2. The van der Waals surface area contributed by atoms with Gasteiger partial charge in [-0.1, -0.05) is 5.16 Å². The lowest BCUT2D eigenvalue weighted by atomic mass is 10.1. The molecule has 2 aromatic heterocycles. The number of alkyl halides is 3. The summed E-state index contributed by atoms with van der Waals surface area (Å²) >= 11 is 0.922. The molecule has 1 amide bonds. The molecule has 2 rings (SSSR count). The predicted molar refractivity (Wildman–Crippen MR) is 83.9 cm³/mol. The minimum absolute atomic E-state index is 0.0123. The molecule has 10 heteroatoms. The van der Waals surface area contributed by atoms with E-state index in [1.165, 1.54) is 13.0 Å². The fourth-order valence-corrected chi connectivity index (χ4v) is 2.94. The Morgan fingerprint density at radius 2 is 2.12 bits per heavy atom. The molecule has 2 heterocycles. The zero-order valence-corrected chi connectivity index (χ0v) is 14.1. The summed E-state index contributed by atoms with van der Waals surface area (Å²) in [4.78, 5) is 15.8. The van der Waals surface area contributed by atoms with Crippen molar-refractivity contribution in [2.75, 3.05) is 11.1 Å². The van der Waals surface area contributed by atoms with E-state index in [0.717, 1.165) is 17.8 Å². The molecule has 0 fully saturated rings. The van der Waals surface area contributed by atoms with E-state index >= 15 is 0 Å². The number of thioether (sulfide) groups is 1. The number of halogens is 3. The first-order valence-electron chi connectivity index (χ1n) is 7.05. The number of nitrogens with zero attached hydrogens (tertiary/aromatic N) is 3. The van der Waals surface area contributed by atoms with Crippen LogP contribution in [-0.2, 0) is 11.0 Å². The van der Waals surface area contributed by atoms with Crippen molar-refractivity contribution in [1.29, 1.82) is 5.26 Å². The van der Waals surface area contributed by atoms with Crippen LogP contribution in [-0.4, -0.2) is 21.8 Å². The van der Waals surface area contributed by atoms with Crippen molar-refractivity contribution in [3.05, 3.63) is 34.7 Å². The maximum atomic E-state index is 13.0. The Kier molecular flexibility index (Phi) is 5.69. The van der Waals surface area contributed by atoms with Gasteiger partial charge in [0.05, 0.1) is 11.1 Å². The number of amides is 1. The van der Waals surface area contributed by atoms with Gasteiger partial charge in [-0.05, 0) is 19.9 Å². The maximum Gasteiger partial charge on any atom is 0.417 e. The number of carbonyl (C=O) groups is 1. The monoisotopic (exact) mass is 370 g/mol. The summed E-state index contributed by atoms with van der Waals surface area (Å²) in [6.07, 6.45) is -4.63. The molecule has 1 N–H and O–H groups in total. The zero-order chi connectivity index (χ0) is 18.6. The van der Waals surface area contributed by atoms with Crippen LogP contribution in [0.25, 0.3) is 0 Å². The van der Waals surface area contributed by atoms with E-state index in [9.17, 15) is 18.0 Å². The molecule has 0 aliphatic heterocycles. The van der Waals surface area contributed by atoms with Crippen molar-refractivity contribution in [1.82, 2.24) is 10.1 Å². The van der Waals surface area contributed by atoms with Gasteiger partial charge in [-0.15, -0.1) is 11.8 Å². The van der Waals surface area contributed by atoms with Gasteiger partial charge >= 0.3 is 6.18 Å².